The predicted octanol–water partition coefficient (Wildman–Crippen LogP) is 4.16. The molecular weight excluding hydrogens is 589 g/mol. The smallest absolute Gasteiger partial charge is 0.395 e. The van der Waals surface area contributed by atoms with Gasteiger partial charge in [-0.1, -0.05) is 36.4 Å². The van der Waals surface area contributed by atoms with Crippen molar-refractivity contribution in [3.05, 3.63) is 97.3 Å². The van der Waals surface area contributed by atoms with Crippen molar-refractivity contribution in [1.82, 2.24) is 9.97 Å². The first-order chi connectivity index (χ1) is 15.9. The maximum Gasteiger partial charge on any atom is 0.397 e. The number of aromatic nitrogens is 2. The largest absolute Gasteiger partial charge is 0.397 e. The molecule has 6 nitrogen and oxygen atoms in total. The molecule has 0 unspecified atom stereocenters. The fraction of sp³-hybridized carbons (Fsp3) is 0.0833. The van der Waals surface area contributed by atoms with Crippen molar-refractivity contribution in [3.8, 4) is 0 Å². The van der Waals surface area contributed by atoms with Crippen LogP contribution in [-0.2, 0) is 21.1 Å². The molecule has 0 bridgehead atoms. The maximum absolute atomic E-state index is 4.54. The minimum Gasteiger partial charge on any atom is -0.395 e. The number of hydrogen-bond donors (Lipinski definition) is 0. The topological polar surface area (TPSA) is 38.7 Å². The van der Waals surface area contributed by atoms with Crippen LogP contribution < -0.4 is 19.2 Å². The Hall–Kier alpha value is -3.24. The Morgan fingerprint density at radius 3 is 1.30 bits per heavy atom. The molecule has 9 heteroatoms. The zero-order chi connectivity index (χ0) is 21.3. The van der Waals surface area contributed by atoms with Gasteiger partial charge in [0.1, 0.15) is 11.6 Å². The van der Waals surface area contributed by atoms with Gasteiger partial charge in [0.05, 0.1) is 11.4 Å². The number of anilines is 6. The number of para-hydroxylation sites is 4. The minimum absolute atomic E-state index is 0. The van der Waals surface area contributed by atoms with E-state index in [2.05, 4.69) is 92.8 Å². The molecule has 2 aromatic carbocycles. The normalized spacial score (nSPS) is 13.7. The first-order valence-electron chi connectivity index (χ1n) is 10.7. The molecule has 4 heterocycles. The standard InChI is InChI=1S/C24H20B2N6.Pt/c1-3-11-21-19(9-1)29(25-31(21)23-13-5-7-15-27-23)17-18-30-20-10-2-4-12-22(20)32(26-30)24-14-6-8-16-28-24;/h1-16H,17-18H2;. The Bertz CT molecular complexity index is 1130. The van der Waals surface area contributed by atoms with E-state index in [1.165, 1.54) is 11.4 Å². The molecule has 0 spiro atoms. The molecule has 0 amide bonds. The zero-order valence-electron chi connectivity index (χ0n) is 17.8. The van der Waals surface area contributed by atoms with Crippen LogP contribution >= 0.6 is 0 Å². The summed E-state index contributed by atoms with van der Waals surface area (Å²) in [5, 5.41) is 0. The maximum atomic E-state index is 4.54. The van der Waals surface area contributed by atoms with Crippen LogP contribution in [0.4, 0.5) is 34.4 Å². The van der Waals surface area contributed by atoms with E-state index in [0.29, 0.717) is 0 Å². The first-order valence-corrected chi connectivity index (χ1v) is 10.7. The van der Waals surface area contributed by atoms with E-state index < -0.39 is 0 Å². The summed E-state index contributed by atoms with van der Waals surface area (Å²) in [5.74, 6) is 1.84. The summed E-state index contributed by atoms with van der Waals surface area (Å²) in [4.78, 5) is 18.0. The van der Waals surface area contributed by atoms with Gasteiger partial charge in [-0.25, -0.2) is 9.97 Å². The van der Waals surface area contributed by atoms with Crippen molar-refractivity contribution in [2.45, 2.75) is 0 Å². The fourth-order valence-electron chi connectivity index (χ4n) is 4.28. The third-order valence-corrected chi connectivity index (χ3v) is 5.79. The van der Waals surface area contributed by atoms with E-state index >= 15 is 0 Å². The van der Waals surface area contributed by atoms with Crippen molar-refractivity contribution < 1.29 is 21.1 Å². The van der Waals surface area contributed by atoms with Gasteiger partial charge in [-0.3, -0.25) is 0 Å². The molecule has 2 aliphatic rings. The molecule has 2 aromatic heterocycles. The average Bonchev–Trinajstić information content (AvgIpc) is 3.43. The van der Waals surface area contributed by atoms with Gasteiger partial charge in [0.15, 0.2) is 0 Å². The SMILES string of the molecule is [B]1N(CCN2[B]N(c3ccccn3)c3ccccc32)c2ccccc2N1c1ccccn1.[Pt]. The molecule has 6 rings (SSSR count). The van der Waals surface area contributed by atoms with Gasteiger partial charge in [0.25, 0.3) is 0 Å². The summed E-state index contributed by atoms with van der Waals surface area (Å²) >= 11 is 0. The van der Waals surface area contributed by atoms with E-state index in [9.17, 15) is 0 Å². The number of nitrogens with zero attached hydrogens (tertiary/aromatic N) is 6. The predicted molar refractivity (Wildman–Crippen MR) is 132 cm³/mol. The summed E-state index contributed by atoms with van der Waals surface area (Å²) in [6.45, 7) is 1.67. The Labute approximate surface area is 209 Å². The van der Waals surface area contributed by atoms with Gasteiger partial charge in [-0.15, -0.1) is 0 Å². The van der Waals surface area contributed by atoms with Crippen molar-refractivity contribution >= 4 is 49.5 Å². The Morgan fingerprint density at radius 1 is 0.515 bits per heavy atom. The molecule has 162 valence electrons. The molecule has 2 aliphatic heterocycles. The number of rotatable bonds is 5. The van der Waals surface area contributed by atoms with Crippen molar-refractivity contribution in [2.75, 3.05) is 32.3 Å². The van der Waals surface area contributed by atoms with E-state index in [-0.39, 0.29) is 21.1 Å². The van der Waals surface area contributed by atoms with Gasteiger partial charge in [0.2, 0.25) is 0 Å². The molecule has 0 N–H and O–H groups in total. The number of fused-ring (bicyclic) bond motifs is 2. The van der Waals surface area contributed by atoms with E-state index in [1.54, 1.807) is 0 Å². The van der Waals surface area contributed by atoms with Crippen LogP contribution in [0, 0.1) is 0 Å². The molecule has 0 saturated heterocycles. The van der Waals surface area contributed by atoms with Crippen LogP contribution in [0.5, 0.6) is 0 Å². The summed E-state index contributed by atoms with van der Waals surface area (Å²) < 4.78 is 0. The second kappa shape index (κ2) is 9.32. The summed E-state index contributed by atoms with van der Waals surface area (Å²) in [7, 11) is 4.29. The summed E-state index contributed by atoms with van der Waals surface area (Å²) in [6, 6.07) is 28.9. The second-order valence-electron chi connectivity index (χ2n) is 7.71. The van der Waals surface area contributed by atoms with Gasteiger partial charge >= 0.3 is 15.1 Å². The molecule has 0 saturated carbocycles. The van der Waals surface area contributed by atoms with Gasteiger partial charge < -0.3 is 19.2 Å². The van der Waals surface area contributed by atoms with Crippen LogP contribution in [0.3, 0.4) is 0 Å². The molecule has 33 heavy (non-hydrogen) atoms. The van der Waals surface area contributed by atoms with E-state index in [0.717, 1.165) is 36.1 Å². The van der Waals surface area contributed by atoms with Crippen LogP contribution in [0.15, 0.2) is 97.3 Å². The van der Waals surface area contributed by atoms with Crippen LogP contribution in [0.1, 0.15) is 0 Å². The van der Waals surface area contributed by atoms with E-state index in [4.69, 9.17) is 0 Å². The number of hydrogen-bond acceptors (Lipinski definition) is 6. The van der Waals surface area contributed by atoms with E-state index in [1.807, 2.05) is 48.8 Å². The molecule has 2 radical (unpaired) electrons. The van der Waals surface area contributed by atoms with Crippen molar-refractivity contribution in [2.24, 2.45) is 0 Å². The van der Waals surface area contributed by atoms with Gasteiger partial charge in [-0.2, -0.15) is 0 Å². The summed E-state index contributed by atoms with van der Waals surface area (Å²) in [5.41, 5.74) is 4.67. The quantitative estimate of drug-likeness (QED) is 0.317. The van der Waals surface area contributed by atoms with Crippen molar-refractivity contribution in [3.63, 3.8) is 0 Å². The molecule has 0 aliphatic carbocycles. The average molecular weight is 609 g/mol. The number of pyridine rings is 2. The monoisotopic (exact) mass is 609 g/mol. The second-order valence-corrected chi connectivity index (χ2v) is 7.71. The molecule has 0 fully saturated rings. The number of benzene rings is 2. The Morgan fingerprint density at radius 2 is 0.909 bits per heavy atom. The van der Waals surface area contributed by atoms with Crippen LogP contribution in [0.2, 0.25) is 0 Å². The van der Waals surface area contributed by atoms with Crippen LogP contribution in [0.25, 0.3) is 0 Å². The fourth-order valence-corrected chi connectivity index (χ4v) is 4.28. The zero-order valence-corrected chi connectivity index (χ0v) is 20.1. The molecule has 4 aromatic rings. The van der Waals surface area contributed by atoms with Crippen molar-refractivity contribution in [1.29, 1.82) is 0 Å². The van der Waals surface area contributed by atoms with Crippen LogP contribution in [-0.4, -0.2) is 38.2 Å². The third-order valence-electron chi connectivity index (χ3n) is 5.79. The molecular formula is C24H20B2N6Pt. The van der Waals surface area contributed by atoms with Gasteiger partial charge in [-0.05, 0) is 48.5 Å². The van der Waals surface area contributed by atoms with Gasteiger partial charge in [0, 0.05) is 57.9 Å². The Kier molecular flexibility index (Phi) is 6.10. The summed E-state index contributed by atoms with van der Waals surface area (Å²) in [6.07, 6.45) is 3.66. The minimum atomic E-state index is 0. The Balaban J connectivity index is 0.00000228. The first kappa shape index (κ1) is 21.6. The molecule has 0 atom stereocenters. The third kappa shape index (κ3) is 4.00.